The lowest BCUT2D eigenvalue weighted by Crippen LogP contribution is -2.47. The summed E-state index contributed by atoms with van der Waals surface area (Å²) in [7, 11) is 0. The predicted octanol–water partition coefficient (Wildman–Crippen LogP) is 3.69. The Hall–Kier alpha value is -2.24. The molecule has 0 spiro atoms. The Balaban J connectivity index is 2.23. The number of ether oxygens (including phenoxy) is 2. The molecular weight excluding hydrogens is 332 g/mol. The summed E-state index contributed by atoms with van der Waals surface area (Å²) < 4.78 is 10.5. The van der Waals surface area contributed by atoms with Crippen LogP contribution < -0.4 is 5.32 Å². The van der Waals surface area contributed by atoms with E-state index in [0.717, 1.165) is 16.8 Å². The summed E-state index contributed by atoms with van der Waals surface area (Å²) in [4.78, 5) is 25.9. The number of esters is 1. The number of carbonyl (C=O) groups is 2. The first-order valence-corrected chi connectivity index (χ1v) is 9.03. The molecule has 0 aromatic heterocycles. The summed E-state index contributed by atoms with van der Waals surface area (Å²) in [6, 6.07) is 5.91. The van der Waals surface area contributed by atoms with E-state index in [1.54, 1.807) is 11.8 Å². The van der Waals surface area contributed by atoms with Gasteiger partial charge in [-0.3, -0.25) is 4.79 Å². The summed E-state index contributed by atoms with van der Waals surface area (Å²) >= 11 is 0. The van der Waals surface area contributed by atoms with E-state index in [1.807, 2.05) is 39.0 Å². The molecule has 144 valence electrons. The van der Waals surface area contributed by atoms with E-state index in [0.29, 0.717) is 19.7 Å². The van der Waals surface area contributed by atoms with Crippen LogP contribution in [-0.4, -0.2) is 42.3 Å². The van der Waals surface area contributed by atoms with Crippen LogP contribution in [0.1, 0.15) is 52.7 Å². The molecule has 2 rings (SSSR count). The first-order chi connectivity index (χ1) is 12.0. The maximum Gasteiger partial charge on any atom is 0.410 e. The maximum atomic E-state index is 12.5. The molecule has 1 amide bonds. The minimum absolute atomic E-state index is 0.121. The van der Waals surface area contributed by atoms with Crippen LogP contribution in [0.25, 0.3) is 0 Å². The molecule has 0 fully saturated rings. The third-order valence-corrected chi connectivity index (χ3v) is 4.16. The Bertz CT molecular complexity index is 677. The van der Waals surface area contributed by atoms with Gasteiger partial charge in [-0.2, -0.15) is 0 Å². The van der Waals surface area contributed by atoms with Gasteiger partial charge in [0.05, 0.1) is 6.61 Å². The molecule has 1 aliphatic rings. The molecule has 1 aromatic carbocycles. The third kappa shape index (κ3) is 4.90. The quantitative estimate of drug-likeness (QED) is 0.828. The number of nitrogens with one attached hydrogen (secondary N) is 1. The minimum Gasteiger partial charge on any atom is -0.465 e. The van der Waals surface area contributed by atoms with E-state index in [9.17, 15) is 9.59 Å². The highest BCUT2D eigenvalue weighted by atomic mass is 16.6. The molecular formula is C20H30N2O4. The van der Waals surface area contributed by atoms with E-state index in [2.05, 4.69) is 19.2 Å². The number of rotatable bonds is 4. The van der Waals surface area contributed by atoms with Gasteiger partial charge in [-0.1, -0.05) is 26.0 Å². The summed E-state index contributed by atoms with van der Waals surface area (Å²) in [6.07, 6.45) is -0.305. The number of carbonyl (C=O) groups excluding carboxylic acids is 2. The van der Waals surface area contributed by atoms with Crippen LogP contribution in [0.2, 0.25) is 0 Å². The molecule has 0 saturated heterocycles. The minimum atomic E-state index is -0.523. The van der Waals surface area contributed by atoms with Gasteiger partial charge in [-0.05, 0) is 44.9 Å². The fourth-order valence-electron chi connectivity index (χ4n) is 3.33. The van der Waals surface area contributed by atoms with Crippen LogP contribution in [0, 0.1) is 0 Å². The number of benzene rings is 1. The average Bonchev–Trinajstić information content (AvgIpc) is 2.50. The lowest BCUT2D eigenvalue weighted by atomic mass is 9.77. The SMILES string of the molecule is CCOC(=O)CNc1cccc2c1C(C)(C)CN(C(=O)OC(C)(C)C)C2. The Labute approximate surface area is 155 Å². The first-order valence-electron chi connectivity index (χ1n) is 9.03. The van der Waals surface area contributed by atoms with Crippen molar-refractivity contribution >= 4 is 17.7 Å². The van der Waals surface area contributed by atoms with Crippen molar-refractivity contribution in [3.63, 3.8) is 0 Å². The van der Waals surface area contributed by atoms with Crippen molar-refractivity contribution in [1.29, 1.82) is 0 Å². The summed E-state index contributed by atoms with van der Waals surface area (Å²) in [6.45, 7) is 13.1. The van der Waals surface area contributed by atoms with Gasteiger partial charge in [0.1, 0.15) is 12.1 Å². The molecule has 0 aliphatic carbocycles. The zero-order valence-electron chi connectivity index (χ0n) is 16.6. The third-order valence-electron chi connectivity index (χ3n) is 4.16. The van der Waals surface area contributed by atoms with Gasteiger partial charge in [-0.15, -0.1) is 0 Å². The number of anilines is 1. The van der Waals surface area contributed by atoms with Crippen LogP contribution >= 0.6 is 0 Å². The molecule has 1 heterocycles. The zero-order valence-corrected chi connectivity index (χ0v) is 16.6. The zero-order chi connectivity index (χ0) is 19.5. The van der Waals surface area contributed by atoms with Crippen molar-refractivity contribution in [3.05, 3.63) is 29.3 Å². The molecule has 26 heavy (non-hydrogen) atoms. The van der Waals surface area contributed by atoms with Gasteiger partial charge in [0.2, 0.25) is 0 Å². The van der Waals surface area contributed by atoms with Crippen LogP contribution in [0.5, 0.6) is 0 Å². The second kappa shape index (κ2) is 7.56. The summed E-state index contributed by atoms with van der Waals surface area (Å²) in [5, 5.41) is 3.19. The van der Waals surface area contributed by atoms with E-state index in [-0.39, 0.29) is 24.0 Å². The summed E-state index contributed by atoms with van der Waals surface area (Å²) in [5.41, 5.74) is 2.29. The molecule has 0 saturated carbocycles. The number of amides is 1. The maximum absolute atomic E-state index is 12.5. The van der Waals surface area contributed by atoms with Gasteiger partial charge in [0.15, 0.2) is 0 Å². The highest BCUT2D eigenvalue weighted by Crippen LogP contribution is 2.38. The fraction of sp³-hybridized carbons (Fsp3) is 0.600. The molecule has 1 N–H and O–H groups in total. The van der Waals surface area contributed by atoms with Crippen molar-refractivity contribution in [3.8, 4) is 0 Å². The van der Waals surface area contributed by atoms with Gasteiger partial charge in [0.25, 0.3) is 0 Å². The van der Waals surface area contributed by atoms with Crippen LogP contribution in [0.4, 0.5) is 10.5 Å². The van der Waals surface area contributed by atoms with Crippen LogP contribution in [-0.2, 0) is 26.2 Å². The highest BCUT2D eigenvalue weighted by molar-refractivity contribution is 5.76. The molecule has 6 nitrogen and oxygen atoms in total. The number of hydrogen-bond acceptors (Lipinski definition) is 5. The van der Waals surface area contributed by atoms with Crippen LogP contribution in [0.15, 0.2) is 18.2 Å². The van der Waals surface area contributed by atoms with E-state index in [4.69, 9.17) is 9.47 Å². The standard InChI is InChI=1S/C20H30N2O4/c1-7-25-16(23)11-21-15-10-8-9-14-12-22(13-20(5,6)17(14)15)18(24)26-19(2,3)4/h8-10,21H,7,11-13H2,1-6H3. The van der Waals surface area contributed by atoms with Crippen molar-refractivity contribution in [1.82, 2.24) is 4.90 Å². The van der Waals surface area contributed by atoms with Gasteiger partial charge in [-0.25, -0.2) is 4.79 Å². The second-order valence-corrected chi connectivity index (χ2v) is 8.22. The van der Waals surface area contributed by atoms with Crippen molar-refractivity contribution in [2.75, 3.05) is 25.0 Å². The van der Waals surface area contributed by atoms with E-state index in [1.165, 1.54) is 0 Å². The number of fused-ring (bicyclic) bond motifs is 1. The molecule has 1 aromatic rings. The molecule has 1 aliphatic heterocycles. The number of hydrogen-bond donors (Lipinski definition) is 1. The van der Waals surface area contributed by atoms with Crippen molar-refractivity contribution in [2.24, 2.45) is 0 Å². The second-order valence-electron chi connectivity index (χ2n) is 8.22. The van der Waals surface area contributed by atoms with E-state index < -0.39 is 5.60 Å². The van der Waals surface area contributed by atoms with Crippen LogP contribution in [0.3, 0.4) is 0 Å². The lowest BCUT2D eigenvalue weighted by molar-refractivity contribution is -0.140. The van der Waals surface area contributed by atoms with Crippen molar-refractivity contribution < 1.29 is 19.1 Å². The van der Waals surface area contributed by atoms with Gasteiger partial charge >= 0.3 is 12.1 Å². The average molecular weight is 362 g/mol. The molecule has 0 unspecified atom stereocenters. The Kier molecular flexibility index (Phi) is 5.84. The first kappa shape index (κ1) is 20.1. The van der Waals surface area contributed by atoms with E-state index >= 15 is 0 Å². The highest BCUT2D eigenvalue weighted by Gasteiger charge is 2.37. The topological polar surface area (TPSA) is 67.9 Å². The Morgan fingerprint density at radius 3 is 2.58 bits per heavy atom. The largest absolute Gasteiger partial charge is 0.465 e. The fourth-order valence-corrected chi connectivity index (χ4v) is 3.33. The van der Waals surface area contributed by atoms with Gasteiger partial charge in [0, 0.05) is 24.2 Å². The van der Waals surface area contributed by atoms with Crippen molar-refractivity contribution in [2.45, 2.75) is 59.1 Å². The normalized spacial score (nSPS) is 15.8. The predicted molar refractivity (Wildman–Crippen MR) is 101 cm³/mol. The monoisotopic (exact) mass is 362 g/mol. The molecule has 0 radical (unpaired) electrons. The Morgan fingerprint density at radius 2 is 1.96 bits per heavy atom. The summed E-state index contributed by atoms with van der Waals surface area (Å²) in [5.74, 6) is -0.283. The lowest BCUT2D eigenvalue weighted by Gasteiger charge is -2.41. The smallest absolute Gasteiger partial charge is 0.410 e. The Morgan fingerprint density at radius 1 is 1.27 bits per heavy atom. The molecule has 6 heteroatoms. The molecule has 0 atom stereocenters. The molecule has 0 bridgehead atoms. The number of nitrogens with zero attached hydrogens (tertiary/aromatic N) is 1. The van der Waals surface area contributed by atoms with Gasteiger partial charge < -0.3 is 19.7 Å².